The van der Waals surface area contributed by atoms with Gasteiger partial charge in [0.1, 0.15) is 0 Å². The third kappa shape index (κ3) is 6.72. The van der Waals surface area contributed by atoms with Gasteiger partial charge >= 0.3 is 0 Å². The Balaban J connectivity index is 1.98. The molecule has 0 aliphatic carbocycles. The van der Waals surface area contributed by atoms with Crippen LogP contribution in [0.2, 0.25) is 0 Å². The van der Waals surface area contributed by atoms with E-state index >= 15 is 0 Å². The molecular formula is C19H24N2O3S2. The Kier molecular flexibility index (Phi) is 7.11. The third-order valence-corrected chi connectivity index (χ3v) is 5.82. The lowest BCUT2D eigenvalue weighted by atomic mass is 10.1. The zero-order chi connectivity index (χ0) is 19.2. The molecule has 0 saturated carbocycles. The SMILES string of the molecule is CC(C)C(SCc1ccccc1)C(=O)Nc1ccc(NS(C)(=O)=O)cc1. The van der Waals surface area contributed by atoms with Gasteiger partial charge in [-0.25, -0.2) is 8.42 Å². The summed E-state index contributed by atoms with van der Waals surface area (Å²) in [5.74, 6) is 0.911. The lowest BCUT2D eigenvalue weighted by molar-refractivity contribution is -0.116. The molecule has 5 nitrogen and oxygen atoms in total. The largest absolute Gasteiger partial charge is 0.325 e. The summed E-state index contributed by atoms with van der Waals surface area (Å²) < 4.78 is 24.9. The fourth-order valence-electron chi connectivity index (χ4n) is 2.38. The van der Waals surface area contributed by atoms with Gasteiger partial charge in [0, 0.05) is 17.1 Å². The van der Waals surface area contributed by atoms with Crippen LogP contribution in [0.5, 0.6) is 0 Å². The summed E-state index contributed by atoms with van der Waals surface area (Å²) in [5.41, 5.74) is 2.29. The minimum absolute atomic E-state index is 0.0512. The maximum Gasteiger partial charge on any atom is 0.237 e. The number of benzene rings is 2. The van der Waals surface area contributed by atoms with Crippen LogP contribution in [0.4, 0.5) is 11.4 Å². The van der Waals surface area contributed by atoms with E-state index in [1.807, 2.05) is 32.0 Å². The van der Waals surface area contributed by atoms with Gasteiger partial charge in [0.05, 0.1) is 11.5 Å². The van der Waals surface area contributed by atoms with Crippen LogP contribution in [-0.4, -0.2) is 25.8 Å². The van der Waals surface area contributed by atoms with E-state index in [0.29, 0.717) is 11.4 Å². The molecule has 2 aromatic carbocycles. The maximum atomic E-state index is 12.6. The van der Waals surface area contributed by atoms with Gasteiger partial charge in [-0.2, -0.15) is 0 Å². The number of hydrogen-bond acceptors (Lipinski definition) is 4. The summed E-state index contributed by atoms with van der Waals surface area (Å²) in [7, 11) is -3.31. The first-order valence-electron chi connectivity index (χ1n) is 8.29. The van der Waals surface area contributed by atoms with Crippen molar-refractivity contribution in [2.24, 2.45) is 5.92 Å². The number of carbonyl (C=O) groups is 1. The fourth-order valence-corrected chi connectivity index (χ4v) is 4.10. The molecule has 26 heavy (non-hydrogen) atoms. The van der Waals surface area contributed by atoms with Crippen LogP contribution < -0.4 is 10.0 Å². The molecule has 1 atom stereocenters. The van der Waals surface area contributed by atoms with Crippen LogP contribution in [0.3, 0.4) is 0 Å². The van der Waals surface area contributed by atoms with Crippen molar-refractivity contribution in [1.29, 1.82) is 0 Å². The molecule has 140 valence electrons. The van der Waals surface area contributed by atoms with Gasteiger partial charge in [-0.15, -0.1) is 11.8 Å². The molecule has 1 unspecified atom stereocenters. The summed E-state index contributed by atoms with van der Waals surface area (Å²) in [6.45, 7) is 4.06. The molecule has 0 radical (unpaired) electrons. The minimum Gasteiger partial charge on any atom is -0.325 e. The summed E-state index contributed by atoms with van der Waals surface area (Å²) >= 11 is 1.62. The highest BCUT2D eigenvalue weighted by atomic mass is 32.2. The highest BCUT2D eigenvalue weighted by Gasteiger charge is 2.22. The Bertz CT molecular complexity index is 820. The number of carbonyl (C=O) groups excluding carboxylic acids is 1. The molecule has 0 heterocycles. The molecule has 1 amide bonds. The molecule has 2 aromatic rings. The predicted molar refractivity (Wildman–Crippen MR) is 110 cm³/mol. The van der Waals surface area contributed by atoms with Gasteiger partial charge in [-0.1, -0.05) is 44.2 Å². The van der Waals surface area contributed by atoms with Crippen molar-refractivity contribution in [3.05, 3.63) is 60.2 Å². The van der Waals surface area contributed by atoms with Crippen molar-refractivity contribution < 1.29 is 13.2 Å². The lowest BCUT2D eigenvalue weighted by Crippen LogP contribution is -2.29. The average molecular weight is 393 g/mol. The van der Waals surface area contributed by atoms with Gasteiger partial charge in [0.25, 0.3) is 0 Å². The smallest absolute Gasteiger partial charge is 0.237 e. The lowest BCUT2D eigenvalue weighted by Gasteiger charge is -2.20. The molecule has 0 aliphatic rings. The molecule has 0 spiro atoms. The molecule has 0 aliphatic heterocycles. The van der Waals surface area contributed by atoms with Crippen molar-refractivity contribution in [1.82, 2.24) is 0 Å². The summed E-state index contributed by atoms with van der Waals surface area (Å²) in [4.78, 5) is 12.6. The normalized spacial score (nSPS) is 12.6. The van der Waals surface area contributed by atoms with Gasteiger partial charge in [0.2, 0.25) is 15.9 Å². The van der Waals surface area contributed by atoms with Crippen molar-refractivity contribution in [3.8, 4) is 0 Å². The van der Waals surface area contributed by atoms with E-state index in [2.05, 4.69) is 22.2 Å². The first-order valence-corrected chi connectivity index (χ1v) is 11.2. The van der Waals surface area contributed by atoms with E-state index in [1.165, 1.54) is 5.56 Å². The number of thioether (sulfide) groups is 1. The van der Waals surface area contributed by atoms with Crippen molar-refractivity contribution in [3.63, 3.8) is 0 Å². The van der Waals surface area contributed by atoms with Crippen LogP contribution in [-0.2, 0) is 20.6 Å². The summed E-state index contributed by atoms with van der Waals surface area (Å²) in [6.07, 6.45) is 1.10. The molecule has 0 fully saturated rings. The quantitative estimate of drug-likeness (QED) is 0.713. The second kappa shape index (κ2) is 9.09. The van der Waals surface area contributed by atoms with Crippen molar-refractivity contribution in [2.45, 2.75) is 24.9 Å². The average Bonchev–Trinajstić information content (AvgIpc) is 2.56. The molecule has 2 N–H and O–H groups in total. The highest BCUT2D eigenvalue weighted by molar-refractivity contribution is 7.99. The van der Waals surface area contributed by atoms with Gasteiger partial charge in [-0.3, -0.25) is 9.52 Å². The van der Waals surface area contributed by atoms with E-state index in [-0.39, 0.29) is 17.1 Å². The molecule has 7 heteroatoms. The summed E-state index contributed by atoms with van der Waals surface area (Å²) in [5, 5.41) is 2.74. The second-order valence-electron chi connectivity index (χ2n) is 6.40. The number of sulfonamides is 1. The number of anilines is 2. The zero-order valence-corrected chi connectivity index (χ0v) is 16.7. The third-order valence-electron chi connectivity index (χ3n) is 3.59. The van der Waals surface area contributed by atoms with Crippen LogP contribution in [0.25, 0.3) is 0 Å². The van der Waals surface area contributed by atoms with Crippen LogP contribution in [0.15, 0.2) is 54.6 Å². The molecule has 0 aromatic heterocycles. The van der Waals surface area contributed by atoms with Gasteiger partial charge in [-0.05, 0) is 35.7 Å². The van der Waals surface area contributed by atoms with Gasteiger partial charge in [0.15, 0.2) is 0 Å². The molecule has 0 saturated heterocycles. The van der Waals surface area contributed by atoms with Crippen molar-refractivity contribution >= 4 is 39.1 Å². The number of rotatable bonds is 8. The Morgan fingerprint density at radius 1 is 1.00 bits per heavy atom. The minimum atomic E-state index is -3.31. The van der Waals surface area contributed by atoms with Crippen LogP contribution in [0.1, 0.15) is 19.4 Å². The number of amides is 1. The Labute approximate surface area is 159 Å². The number of nitrogens with one attached hydrogen (secondary N) is 2. The predicted octanol–water partition coefficient (Wildman–Crippen LogP) is 3.95. The number of hydrogen-bond donors (Lipinski definition) is 2. The topological polar surface area (TPSA) is 75.3 Å². The van der Waals surface area contributed by atoms with E-state index in [4.69, 9.17) is 0 Å². The zero-order valence-electron chi connectivity index (χ0n) is 15.1. The maximum absolute atomic E-state index is 12.6. The fraction of sp³-hybridized carbons (Fsp3) is 0.316. The second-order valence-corrected chi connectivity index (χ2v) is 9.28. The van der Waals surface area contributed by atoms with Crippen LogP contribution in [0, 0.1) is 5.92 Å². The standard InChI is InChI=1S/C19H24N2O3S2/c1-14(2)18(25-13-15-7-5-4-6-8-15)19(22)20-16-9-11-17(12-10-16)21-26(3,23)24/h4-12,14,18,21H,13H2,1-3H3,(H,20,22). The highest BCUT2D eigenvalue weighted by Crippen LogP contribution is 2.25. The first kappa shape index (κ1) is 20.3. The van der Waals surface area contributed by atoms with E-state index in [9.17, 15) is 13.2 Å². The molecule has 2 rings (SSSR count). The van der Waals surface area contributed by atoms with Gasteiger partial charge < -0.3 is 5.32 Å². The van der Waals surface area contributed by atoms with E-state index in [0.717, 1.165) is 12.0 Å². The Hall–Kier alpha value is -1.99. The molecular weight excluding hydrogens is 368 g/mol. The first-order chi connectivity index (χ1) is 12.2. The Morgan fingerprint density at radius 3 is 2.12 bits per heavy atom. The monoisotopic (exact) mass is 392 g/mol. The Morgan fingerprint density at radius 2 is 1.58 bits per heavy atom. The molecule has 0 bridgehead atoms. The van der Waals surface area contributed by atoms with E-state index in [1.54, 1.807) is 36.0 Å². The van der Waals surface area contributed by atoms with Crippen molar-refractivity contribution in [2.75, 3.05) is 16.3 Å². The van der Waals surface area contributed by atoms with E-state index < -0.39 is 10.0 Å². The summed E-state index contributed by atoms with van der Waals surface area (Å²) in [6, 6.07) is 16.7. The van der Waals surface area contributed by atoms with Crippen LogP contribution >= 0.6 is 11.8 Å².